The van der Waals surface area contributed by atoms with Crippen LogP contribution in [0.1, 0.15) is 36.4 Å². The van der Waals surface area contributed by atoms with Crippen molar-refractivity contribution in [3.63, 3.8) is 0 Å². The van der Waals surface area contributed by atoms with Crippen molar-refractivity contribution in [2.45, 2.75) is 25.3 Å². The van der Waals surface area contributed by atoms with E-state index in [4.69, 9.17) is 10.5 Å². The quantitative estimate of drug-likeness (QED) is 0.934. The van der Waals surface area contributed by atoms with Crippen molar-refractivity contribution in [2.24, 2.45) is 5.73 Å². The SMILES string of the molecule is COc1ccc(N2CCCCC2)c(C(N)c2ccccc2)c1. The van der Waals surface area contributed by atoms with Gasteiger partial charge in [0.15, 0.2) is 0 Å². The Labute approximate surface area is 132 Å². The van der Waals surface area contributed by atoms with E-state index in [1.165, 1.54) is 24.9 Å². The van der Waals surface area contributed by atoms with Crippen LogP contribution in [0.3, 0.4) is 0 Å². The monoisotopic (exact) mass is 296 g/mol. The van der Waals surface area contributed by atoms with Gasteiger partial charge >= 0.3 is 0 Å². The first kappa shape index (κ1) is 14.9. The lowest BCUT2D eigenvalue weighted by Gasteiger charge is -2.32. The van der Waals surface area contributed by atoms with Crippen LogP contribution in [-0.4, -0.2) is 20.2 Å². The summed E-state index contributed by atoms with van der Waals surface area (Å²) in [6.07, 6.45) is 3.84. The van der Waals surface area contributed by atoms with Crippen LogP contribution >= 0.6 is 0 Å². The van der Waals surface area contributed by atoms with Crippen molar-refractivity contribution in [2.75, 3.05) is 25.1 Å². The Morgan fingerprint density at radius 2 is 1.73 bits per heavy atom. The summed E-state index contributed by atoms with van der Waals surface area (Å²) in [7, 11) is 1.70. The highest BCUT2D eigenvalue weighted by Crippen LogP contribution is 2.33. The van der Waals surface area contributed by atoms with E-state index in [9.17, 15) is 0 Å². The van der Waals surface area contributed by atoms with Crippen LogP contribution in [0.25, 0.3) is 0 Å². The largest absolute Gasteiger partial charge is 0.497 e. The first-order valence-corrected chi connectivity index (χ1v) is 8.03. The van der Waals surface area contributed by atoms with Gasteiger partial charge in [0.2, 0.25) is 0 Å². The molecule has 0 aliphatic carbocycles. The summed E-state index contributed by atoms with van der Waals surface area (Å²) < 4.78 is 5.41. The lowest BCUT2D eigenvalue weighted by Crippen LogP contribution is -2.31. The molecule has 1 heterocycles. The summed E-state index contributed by atoms with van der Waals surface area (Å²) in [5.74, 6) is 0.863. The van der Waals surface area contributed by atoms with Crippen molar-refractivity contribution >= 4 is 5.69 Å². The van der Waals surface area contributed by atoms with Gasteiger partial charge in [-0.15, -0.1) is 0 Å². The number of ether oxygens (including phenoxy) is 1. The van der Waals surface area contributed by atoms with E-state index in [-0.39, 0.29) is 6.04 Å². The summed E-state index contributed by atoms with van der Waals surface area (Å²) in [6.45, 7) is 2.22. The average molecular weight is 296 g/mol. The molecule has 0 saturated carbocycles. The van der Waals surface area contributed by atoms with Gasteiger partial charge in [-0.25, -0.2) is 0 Å². The number of nitrogens with two attached hydrogens (primary N) is 1. The zero-order valence-corrected chi connectivity index (χ0v) is 13.2. The van der Waals surface area contributed by atoms with Crippen LogP contribution in [0.2, 0.25) is 0 Å². The van der Waals surface area contributed by atoms with Gasteiger partial charge in [0.1, 0.15) is 5.75 Å². The maximum Gasteiger partial charge on any atom is 0.119 e. The standard InChI is InChI=1S/C19H24N2O/c1-22-16-10-11-18(21-12-6-3-7-13-21)17(14-16)19(20)15-8-4-2-5-9-15/h2,4-5,8-11,14,19H,3,6-7,12-13,20H2,1H3. The van der Waals surface area contributed by atoms with Gasteiger partial charge in [-0.2, -0.15) is 0 Å². The van der Waals surface area contributed by atoms with Gasteiger partial charge in [-0.05, 0) is 43.0 Å². The Hall–Kier alpha value is -2.00. The van der Waals surface area contributed by atoms with Crippen molar-refractivity contribution in [3.8, 4) is 5.75 Å². The third-order valence-corrected chi connectivity index (χ3v) is 4.43. The van der Waals surface area contributed by atoms with E-state index in [1.54, 1.807) is 7.11 Å². The summed E-state index contributed by atoms with van der Waals surface area (Å²) in [6, 6.07) is 16.4. The van der Waals surface area contributed by atoms with Gasteiger partial charge in [-0.3, -0.25) is 0 Å². The molecule has 3 nitrogen and oxygen atoms in total. The lowest BCUT2D eigenvalue weighted by molar-refractivity contribution is 0.414. The molecule has 3 heteroatoms. The molecule has 1 unspecified atom stereocenters. The lowest BCUT2D eigenvalue weighted by atomic mass is 9.96. The molecule has 1 aliphatic rings. The molecule has 22 heavy (non-hydrogen) atoms. The van der Waals surface area contributed by atoms with Gasteiger partial charge in [-0.1, -0.05) is 30.3 Å². The molecule has 0 bridgehead atoms. The molecule has 0 radical (unpaired) electrons. The predicted octanol–water partition coefficient (Wildman–Crippen LogP) is 3.73. The molecule has 116 valence electrons. The van der Waals surface area contributed by atoms with Crippen LogP contribution in [0.5, 0.6) is 5.75 Å². The molecule has 0 aromatic heterocycles. The van der Waals surface area contributed by atoms with Crippen molar-refractivity contribution in [1.29, 1.82) is 0 Å². The molecule has 1 atom stereocenters. The first-order chi connectivity index (χ1) is 10.8. The molecule has 2 N–H and O–H groups in total. The zero-order valence-electron chi connectivity index (χ0n) is 13.2. The summed E-state index contributed by atoms with van der Waals surface area (Å²) in [4.78, 5) is 2.46. The molecule has 1 fully saturated rings. The van der Waals surface area contributed by atoms with E-state index < -0.39 is 0 Å². The molecule has 0 spiro atoms. The third-order valence-electron chi connectivity index (χ3n) is 4.43. The molecule has 2 aromatic carbocycles. The summed E-state index contributed by atoms with van der Waals surface area (Å²) in [5.41, 5.74) is 10.1. The number of hydrogen-bond acceptors (Lipinski definition) is 3. The van der Waals surface area contributed by atoms with Gasteiger partial charge in [0, 0.05) is 24.3 Å². The fourth-order valence-electron chi connectivity index (χ4n) is 3.17. The molecule has 1 aliphatic heterocycles. The molecular weight excluding hydrogens is 272 g/mol. The maximum atomic E-state index is 6.57. The third kappa shape index (κ3) is 3.09. The van der Waals surface area contributed by atoms with E-state index in [2.05, 4.69) is 29.2 Å². The number of nitrogens with zero attached hydrogens (tertiary/aromatic N) is 1. The minimum absolute atomic E-state index is 0.131. The number of rotatable bonds is 4. The summed E-state index contributed by atoms with van der Waals surface area (Å²) in [5, 5.41) is 0. The molecule has 0 amide bonds. The number of anilines is 1. The fourth-order valence-corrected chi connectivity index (χ4v) is 3.17. The highest BCUT2D eigenvalue weighted by atomic mass is 16.5. The Bertz CT molecular complexity index is 606. The van der Waals surface area contributed by atoms with E-state index in [1.807, 2.05) is 24.3 Å². The first-order valence-electron chi connectivity index (χ1n) is 8.03. The van der Waals surface area contributed by atoms with E-state index in [0.29, 0.717) is 0 Å². The van der Waals surface area contributed by atoms with E-state index in [0.717, 1.165) is 30.0 Å². The smallest absolute Gasteiger partial charge is 0.119 e. The predicted molar refractivity (Wildman–Crippen MR) is 91.5 cm³/mol. The molecular formula is C19H24N2O. The second kappa shape index (κ2) is 6.84. The van der Waals surface area contributed by atoms with Crippen LogP contribution in [0.15, 0.2) is 48.5 Å². The number of hydrogen-bond donors (Lipinski definition) is 1. The van der Waals surface area contributed by atoms with E-state index >= 15 is 0 Å². The number of benzene rings is 2. The van der Waals surface area contributed by atoms with Crippen molar-refractivity contribution in [3.05, 3.63) is 59.7 Å². The topological polar surface area (TPSA) is 38.5 Å². The normalized spacial score (nSPS) is 16.4. The van der Waals surface area contributed by atoms with Crippen molar-refractivity contribution < 1.29 is 4.74 Å². The second-order valence-electron chi connectivity index (χ2n) is 5.86. The Morgan fingerprint density at radius 3 is 2.41 bits per heavy atom. The molecule has 1 saturated heterocycles. The van der Waals surface area contributed by atoms with Crippen LogP contribution in [0.4, 0.5) is 5.69 Å². The zero-order chi connectivity index (χ0) is 15.4. The van der Waals surface area contributed by atoms with Gasteiger partial charge in [0.25, 0.3) is 0 Å². The second-order valence-corrected chi connectivity index (χ2v) is 5.86. The average Bonchev–Trinajstić information content (AvgIpc) is 2.62. The Morgan fingerprint density at radius 1 is 1.00 bits per heavy atom. The van der Waals surface area contributed by atoms with Gasteiger partial charge < -0.3 is 15.4 Å². The van der Waals surface area contributed by atoms with Crippen LogP contribution in [-0.2, 0) is 0 Å². The fraction of sp³-hybridized carbons (Fsp3) is 0.368. The Kier molecular flexibility index (Phi) is 4.64. The number of piperidine rings is 1. The maximum absolute atomic E-state index is 6.57. The molecule has 2 aromatic rings. The summed E-state index contributed by atoms with van der Waals surface area (Å²) >= 11 is 0. The Balaban J connectivity index is 1.99. The minimum Gasteiger partial charge on any atom is -0.497 e. The number of methoxy groups -OCH3 is 1. The van der Waals surface area contributed by atoms with Crippen LogP contribution < -0.4 is 15.4 Å². The minimum atomic E-state index is -0.131. The molecule has 3 rings (SSSR count). The van der Waals surface area contributed by atoms with Crippen molar-refractivity contribution in [1.82, 2.24) is 0 Å². The van der Waals surface area contributed by atoms with Gasteiger partial charge in [0.05, 0.1) is 13.2 Å². The van der Waals surface area contributed by atoms with Crippen LogP contribution in [0, 0.1) is 0 Å². The highest BCUT2D eigenvalue weighted by molar-refractivity contribution is 5.59. The highest BCUT2D eigenvalue weighted by Gasteiger charge is 2.19.